The molecule has 6 atom stereocenters. The van der Waals surface area contributed by atoms with E-state index in [0.717, 1.165) is 0 Å². The minimum Gasteiger partial charge on any atom is -0.461 e. The lowest BCUT2D eigenvalue weighted by molar-refractivity contribution is -0.172. The van der Waals surface area contributed by atoms with Gasteiger partial charge in [0.25, 0.3) is 0 Å². The number of anilines is 1. The molecular formula is C36H52N5O11P. The van der Waals surface area contributed by atoms with E-state index < -0.39 is 67.8 Å². The first kappa shape index (κ1) is 41.7. The Morgan fingerprint density at radius 3 is 2.28 bits per heavy atom. The highest BCUT2D eigenvalue weighted by atomic mass is 31.2. The first-order valence-electron chi connectivity index (χ1n) is 17.5. The number of ether oxygens (including phenoxy) is 5. The van der Waals surface area contributed by atoms with Gasteiger partial charge in [0.15, 0.2) is 18.0 Å². The van der Waals surface area contributed by atoms with E-state index in [1.807, 2.05) is 27.7 Å². The molecule has 0 spiro atoms. The summed E-state index contributed by atoms with van der Waals surface area (Å²) in [5.74, 6) is -1.58. The van der Waals surface area contributed by atoms with Gasteiger partial charge in [-0.05, 0) is 63.8 Å². The number of hydrogen-bond donors (Lipinski definition) is 2. The zero-order valence-corrected chi connectivity index (χ0v) is 32.7. The number of nitrogens with zero attached hydrogens (tertiary/aromatic N) is 3. The summed E-state index contributed by atoms with van der Waals surface area (Å²) in [4.78, 5) is 43.7. The molecule has 1 aliphatic rings. The number of para-hydroxylation sites is 1. The van der Waals surface area contributed by atoms with Crippen molar-refractivity contribution in [1.29, 1.82) is 0 Å². The second-order valence-corrected chi connectivity index (χ2v) is 16.3. The molecule has 53 heavy (non-hydrogen) atoms. The molecule has 292 valence electrons. The number of nitrogen functional groups attached to an aromatic ring is 1. The molecule has 0 aliphatic carbocycles. The predicted molar refractivity (Wildman–Crippen MR) is 194 cm³/mol. The molecule has 0 bridgehead atoms. The van der Waals surface area contributed by atoms with Gasteiger partial charge in [0.05, 0.1) is 17.9 Å². The molecule has 3 N–H and O–H groups in total. The second-order valence-electron chi connectivity index (χ2n) is 14.6. The molecule has 2 aromatic heterocycles. The van der Waals surface area contributed by atoms with Crippen molar-refractivity contribution in [3.05, 3.63) is 54.5 Å². The van der Waals surface area contributed by atoms with E-state index in [4.69, 9.17) is 38.5 Å². The van der Waals surface area contributed by atoms with Gasteiger partial charge in [0.1, 0.15) is 41.9 Å². The Hall–Kier alpha value is -4.08. The molecule has 4 rings (SSSR count). The fraction of sp³-hybridized carbons (Fsp3) is 0.583. The Balaban J connectivity index is 1.72. The minimum atomic E-state index is -4.42. The van der Waals surface area contributed by atoms with Crippen LogP contribution in [0.15, 0.2) is 48.8 Å². The first-order valence-corrected chi connectivity index (χ1v) is 19.0. The van der Waals surface area contributed by atoms with E-state index >= 15 is 0 Å². The van der Waals surface area contributed by atoms with Crippen LogP contribution in [0.5, 0.6) is 5.75 Å². The molecule has 1 unspecified atom stereocenters. The number of esters is 3. The van der Waals surface area contributed by atoms with Crippen molar-refractivity contribution < 1.29 is 51.7 Å². The van der Waals surface area contributed by atoms with Crippen LogP contribution >= 0.6 is 7.75 Å². The van der Waals surface area contributed by atoms with Crippen molar-refractivity contribution in [3.63, 3.8) is 0 Å². The molecule has 1 aromatic carbocycles. The highest BCUT2D eigenvalue weighted by Crippen LogP contribution is 2.48. The van der Waals surface area contributed by atoms with E-state index in [1.165, 1.54) is 24.9 Å². The smallest absolute Gasteiger partial charge is 0.459 e. The number of fused-ring (bicyclic) bond motifs is 1. The van der Waals surface area contributed by atoms with E-state index in [-0.39, 0.29) is 42.9 Å². The van der Waals surface area contributed by atoms with E-state index in [0.29, 0.717) is 11.2 Å². The van der Waals surface area contributed by atoms with Gasteiger partial charge in [-0.15, -0.1) is 0 Å². The maximum Gasteiger partial charge on any atom is 0.459 e. The lowest BCUT2D eigenvalue weighted by Gasteiger charge is -2.31. The molecule has 0 radical (unpaired) electrons. The average Bonchev–Trinajstić information content (AvgIpc) is 3.63. The van der Waals surface area contributed by atoms with E-state index in [1.54, 1.807) is 63.2 Å². The fourth-order valence-corrected chi connectivity index (χ4v) is 7.10. The average molecular weight is 762 g/mol. The number of benzene rings is 1. The third-order valence-electron chi connectivity index (χ3n) is 8.47. The summed E-state index contributed by atoms with van der Waals surface area (Å²) in [6, 6.07) is 10.4. The molecule has 17 heteroatoms. The normalized spacial score (nSPS) is 22.1. The summed E-state index contributed by atoms with van der Waals surface area (Å²) in [7, 11) is -2.93. The minimum absolute atomic E-state index is 0.0415. The molecule has 1 aliphatic heterocycles. The Kier molecular flexibility index (Phi) is 13.7. The van der Waals surface area contributed by atoms with Gasteiger partial charge in [0.2, 0.25) is 0 Å². The molecular weight excluding hydrogens is 709 g/mol. The van der Waals surface area contributed by atoms with Crippen LogP contribution in [0, 0.1) is 11.8 Å². The number of carbonyl (C=O) groups is 3. The monoisotopic (exact) mass is 761 g/mol. The summed E-state index contributed by atoms with van der Waals surface area (Å²) in [5, 5.41) is 7.02. The Morgan fingerprint density at radius 2 is 1.66 bits per heavy atom. The predicted octanol–water partition coefficient (Wildman–Crippen LogP) is 4.99. The lowest BCUT2D eigenvalue weighted by atomic mass is 9.92. The third kappa shape index (κ3) is 10.8. The summed E-state index contributed by atoms with van der Waals surface area (Å²) in [5.41, 5.74) is 4.74. The molecule has 0 saturated carbocycles. The fourth-order valence-electron chi connectivity index (χ4n) is 5.59. The van der Waals surface area contributed by atoms with E-state index in [9.17, 15) is 18.9 Å². The van der Waals surface area contributed by atoms with Gasteiger partial charge in [0, 0.05) is 20.0 Å². The summed E-state index contributed by atoms with van der Waals surface area (Å²) in [6.07, 6.45) is -2.26. The van der Waals surface area contributed by atoms with Gasteiger partial charge in [-0.25, -0.2) is 14.1 Å². The second kappa shape index (κ2) is 17.4. The lowest BCUT2D eigenvalue weighted by Crippen LogP contribution is -2.45. The Bertz CT molecular complexity index is 1770. The van der Waals surface area contributed by atoms with Gasteiger partial charge in [-0.1, -0.05) is 45.9 Å². The van der Waals surface area contributed by atoms with Crippen LogP contribution in [0.2, 0.25) is 0 Å². The summed E-state index contributed by atoms with van der Waals surface area (Å²) >= 11 is 0. The molecule has 3 aromatic rings. The largest absolute Gasteiger partial charge is 0.461 e. The zero-order valence-electron chi connectivity index (χ0n) is 31.8. The van der Waals surface area contributed by atoms with Gasteiger partial charge < -0.3 is 33.9 Å². The number of hydrogen-bond acceptors (Lipinski definition) is 14. The van der Waals surface area contributed by atoms with Crippen molar-refractivity contribution >= 4 is 37.0 Å². The number of carbonyl (C=O) groups excluding carboxylic acids is 3. The van der Waals surface area contributed by atoms with Crippen LogP contribution < -0.4 is 15.3 Å². The van der Waals surface area contributed by atoms with Gasteiger partial charge in [-0.3, -0.25) is 18.9 Å². The van der Waals surface area contributed by atoms with Crippen LogP contribution in [-0.2, 0) is 52.8 Å². The summed E-state index contributed by atoms with van der Waals surface area (Å²) < 4.78 is 57.4. The highest BCUT2D eigenvalue weighted by Gasteiger charge is 2.59. The quantitative estimate of drug-likeness (QED) is 0.0997. The van der Waals surface area contributed by atoms with Gasteiger partial charge in [-0.2, -0.15) is 10.2 Å². The zero-order chi connectivity index (χ0) is 39.1. The van der Waals surface area contributed by atoms with Crippen molar-refractivity contribution in [2.45, 2.75) is 104 Å². The van der Waals surface area contributed by atoms with Crippen LogP contribution in [0.25, 0.3) is 5.52 Å². The van der Waals surface area contributed by atoms with Crippen molar-refractivity contribution in [1.82, 2.24) is 19.7 Å². The SMILES string of the molecule is COC(C)(C)COC(=O)[C@H](C)NP(=O)(OC[C@H]1O[C@@](C)(c2ccc3c(N)ncnn23)[C@H](OC(=O)CC(C)C)[C@@H]1OC(=O)CC(C)C)Oc1ccccc1. The maximum absolute atomic E-state index is 14.5. The Labute approximate surface area is 309 Å². The summed E-state index contributed by atoms with van der Waals surface area (Å²) in [6.45, 7) is 13.5. The molecule has 16 nitrogen and oxygen atoms in total. The van der Waals surface area contributed by atoms with Crippen LogP contribution in [0.4, 0.5) is 5.82 Å². The molecule has 3 heterocycles. The Morgan fingerprint density at radius 1 is 1.02 bits per heavy atom. The van der Waals surface area contributed by atoms with Crippen LogP contribution in [-0.4, -0.2) is 82.8 Å². The number of nitrogens with one attached hydrogen (secondary N) is 1. The third-order valence-corrected chi connectivity index (χ3v) is 10.1. The topological polar surface area (TPSA) is 201 Å². The highest BCUT2D eigenvalue weighted by molar-refractivity contribution is 7.52. The molecule has 0 amide bonds. The standard InChI is InChI=1S/C36H52N5O11P/c1-22(2)17-29(42)49-31-27(19-48-53(45,52-25-13-11-10-12-14-25)40-24(5)34(44)47-20-35(6,7)46-9)51-36(8,32(31)50-30(43)18-23(3)4)28-16-15-26-33(37)38-21-39-41(26)28/h10-16,21-24,27,31-32H,17-20H2,1-9H3,(H,40,45)(H2,37,38,39)/t24-,27+,31+,32+,36-,53?/m0/s1. The van der Waals surface area contributed by atoms with Crippen molar-refractivity contribution in [2.24, 2.45) is 11.8 Å². The molecule has 1 fully saturated rings. The van der Waals surface area contributed by atoms with Crippen LogP contribution in [0.3, 0.4) is 0 Å². The van der Waals surface area contributed by atoms with E-state index in [2.05, 4.69) is 15.2 Å². The van der Waals surface area contributed by atoms with Gasteiger partial charge >= 0.3 is 25.7 Å². The first-order chi connectivity index (χ1) is 24.9. The maximum atomic E-state index is 14.5. The number of nitrogens with two attached hydrogens (primary N) is 1. The number of rotatable bonds is 18. The van der Waals surface area contributed by atoms with Crippen molar-refractivity contribution in [3.8, 4) is 5.75 Å². The molecule has 1 saturated heterocycles. The number of aromatic nitrogens is 3. The number of methoxy groups -OCH3 is 1. The van der Waals surface area contributed by atoms with Crippen LogP contribution in [0.1, 0.15) is 73.9 Å². The van der Waals surface area contributed by atoms with Crippen molar-refractivity contribution in [2.75, 3.05) is 26.1 Å².